The fraction of sp³-hybridized carbons (Fsp3) is 0.304. The van der Waals surface area contributed by atoms with E-state index in [0.29, 0.717) is 18.0 Å². The fourth-order valence-electron chi connectivity index (χ4n) is 3.22. The van der Waals surface area contributed by atoms with E-state index in [1.54, 1.807) is 11.3 Å². The summed E-state index contributed by atoms with van der Waals surface area (Å²) in [7, 11) is 0. The molecule has 1 aliphatic rings. The number of nitrogens with one attached hydrogen (secondary N) is 1. The molecule has 1 saturated carbocycles. The fourth-order valence-corrected chi connectivity index (χ4v) is 4.98. The van der Waals surface area contributed by atoms with Gasteiger partial charge < -0.3 is 10.2 Å². The molecule has 1 fully saturated rings. The summed E-state index contributed by atoms with van der Waals surface area (Å²) < 4.78 is 0. The number of hydrogen-bond acceptors (Lipinski definition) is 4. The van der Waals surface area contributed by atoms with Gasteiger partial charge in [-0.3, -0.25) is 9.59 Å². The molecule has 0 radical (unpaired) electrons. The third-order valence-corrected chi connectivity index (χ3v) is 7.04. The van der Waals surface area contributed by atoms with Crippen molar-refractivity contribution in [1.82, 2.24) is 4.90 Å². The van der Waals surface area contributed by atoms with Crippen LogP contribution in [0.3, 0.4) is 0 Å². The first-order chi connectivity index (χ1) is 14.1. The van der Waals surface area contributed by atoms with E-state index < -0.39 is 0 Å². The monoisotopic (exact) mass is 424 g/mol. The Kier molecular flexibility index (Phi) is 6.11. The molecule has 1 N–H and O–H groups in total. The smallest absolute Gasteiger partial charge is 0.264 e. The average molecular weight is 425 g/mol. The van der Waals surface area contributed by atoms with E-state index in [-0.39, 0.29) is 17.7 Å². The molecule has 0 bridgehead atoms. The van der Waals surface area contributed by atoms with E-state index in [0.717, 1.165) is 29.8 Å². The zero-order valence-electron chi connectivity index (χ0n) is 16.4. The minimum absolute atomic E-state index is 0.0313. The van der Waals surface area contributed by atoms with Gasteiger partial charge in [-0.25, -0.2) is 0 Å². The van der Waals surface area contributed by atoms with Crippen LogP contribution in [0.4, 0.5) is 5.00 Å². The number of thiophene rings is 2. The second kappa shape index (κ2) is 8.93. The first-order valence-corrected chi connectivity index (χ1v) is 11.6. The lowest BCUT2D eigenvalue weighted by Gasteiger charge is -2.22. The maximum absolute atomic E-state index is 13.4. The van der Waals surface area contributed by atoms with Crippen LogP contribution in [0.5, 0.6) is 0 Å². The number of rotatable bonds is 8. The molecule has 2 heterocycles. The maximum Gasteiger partial charge on any atom is 0.264 e. The van der Waals surface area contributed by atoms with Crippen molar-refractivity contribution < 1.29 is 9.59 Å². The van der Waals surface area contributed by atoms with Crippen molar-refractivity contribution >= 4 is 39.5 Å². The van der Waals surface area contributed by atoms with Crippen molar-refractivity contribution in [2.45, 2.75) is 32.7 Å². The zero-order valence-corrected chi connectivity index (χ0v) is 18.0. The number of carbonyl (C=O) groups is 2. The van der Waals surface area contributed by atoms with Gasteiger partial charge in [-0.2, -0.15) is 0 Å². The SMILES string of the molecule is Cc1cc(NC(=O)C2CC2)sc1C(=O)N(CCc1ccccc1)Cc1cccs1. The number of aryl methyl sites for hydroxylation is 1. The number of anilines is 1. The number of hydrogen-bond donors (Lipinski definition) is 1. The third kappa shape index (κ3) is 5.14. The van der Waals surface area contributed by atoms with E-state index >= 15 is 0 Å². The van der Waals surface area contributed by atoms with Gasteiger partial charge in [0.05, 0.1) is 16.4 Å². The summed E-state index contributed by atoms with van der Waals surface area (Å²) in [5.41, 5.74) is 2.14. The molecule has 0 spiro atoms. The predicted octanol–water partition coefficient (Wildman–Crippen LogP) is 5.35. The predicted molar refractivity (Wildman–Crippen MR) is 120 cm³/mol. The Labute approximate surface area is 179 Å². The highest BCUT2D eigenvalue weighted by Crippen LogP contribution is 2.33. The molecule has 3 aromatic rings. The molecule has 0 atom stereocenters. The van der Waals surface area contributed by atoms with Crippen LogP contribution in [-0.2, 0) is 17.8 Å². The minimum atomic E-state index is 0.0313. The lowest BCUT2D eigenvalue weighted by molar-refractivity contribution is -0.117. The van der Waals surface area contributed by atoms with Crippen molar-refractivity contribution in [3.8, 4) is 0 Å². The molecule has 1 aromatic carbocycles. The molecule has 2 amide bonds. The Balaban J connectivity index is 1.50. The second-order valence-electron chi connectivity index (χ2n) is 7.43. The highest BCUT2D eigenvalue weighted by molar-refractivity contribution is 7.18. The summed E-state index contributed by atoms with van der Waals surface area (Å²) in [5, 5.41) is 5.78. The molecule has 29 heavy (non-hydrogen) atoms. The topological polar surface area (TPSA) is 49.4 Å². The number of carbonyl (C=O) groups excluding carboxylic acids is 2. The second-order valence-corrected chi connectivity index (χ2v) is 9.51. The third-order valence-electron chi connectivity index (χ3n) is 5.03. The maximum atomic E-state index is 13.4. The number of amides is 2. The van der Waals surface area contributed by atoms with Crippen LogP contribution in [-0.4, -0.2) is 23.3 Å². The molecule has 4 rings (SSSR count). The van der Waals surface area contributed by atoms with Crippen molar-refractivity contribution in [3.63, 3.8) is 0 Å². The van der Waals surface area contributed by atoms with Crippen LogP contribution in [0.25, 0.3) is 0 Å². The van der Waals surface area contributed by atoms with Crippen LogP contribution in [0.2, 0.25) is 0 Å². The highest BCUT2D eigenvalue weighted by Gasteiger charge is 2.30. The van der Waals surface area contributed by atoms with E-state index in [9.17, 15) is 9.59 Å². The average Bonchev–Trinajstić information content (AvgIpc) is 3.34. The van der Waals surface area contributed by atoms with Crippen LogP contribution < -0.4 is 5.32 Å². The molecule has 4 nitrogen and oxygen atoms in total. The molecule has 0 unspecified atom stereocenters. The molecular formula is C23H24N2O2S2. The van der Waals surface area contributed by atoms with Gasteiger partial charge in [0.2, 0.25) is 5.91 Å². The Bertz CT molecular complexity index is 976. The lowest BCUT2D eigenvalue weighted by Crippen LogP contribution is -2.32. The zero-order chi connectivity index (χ0) is 20.2. The normalized spacial score (nSPS) is 13.3. The van der Waals surface area contributed by atoms with Gasteiger partial charge in [0.15, 0.2) is 0 Å². The Morgan fingerprint density at radius 2 is 1.93 bits per heavy atom. The number of nitrogens with zero attached hydrogens (tertiary/aromatic N) is 1. The Morgan fingerprint density at radius 1 is 1.14 bits per heavy atom. The van der Waals surface area contributed by atoms with Crippen molar-refractivity contribution in [3.05, 3.63) is 74.8 Å². The van der Waals surface area contributed by atoms with Gasteiger partial charge in [0.25, 0.3) is 5.91 Å². The van der Waals surface area contributed by atoms with Crippen LogP contribution >= 0.6 is 22.7 Å². The molecule has 0 aliphatic heterocycles. The largest absolute Gasteiger partial charge is 0.332 e. The highest BCUT2D eigenvalue weighted by atomic mass is 32.1. The van der Waals surface area contributed by atoms with Crippen LogP contribution in [0.15, 0.2) is 53.9 Å². The molecule has 150 valence electrons. The molecule has 1 aliphatic carbocycles. The first kappa shape index (κ1) is 19.9. The van der Waals surface area contributed by atoms with Crippen molar-refractivity contribution in [2.24, 2.45) is 5.92 Å². The number of benzene rings is 1. The van der Waals surface area contributed by atoms with Crippen molar-refractivity contribution in [1.29, 1.82) is 0 Å². The van der Waals surface area contributed by atoms with Crippen LogP contribution in [0.1, 0.15) is 38.5 Å². The summed E-state index contributed by atoms with van der Waals surface area (Å²) in [6.07, 6.45) is 2.75. The standard InChI is InChI=1S/C23H24N2O2S2/c1-16-14-20(24-22(26)18-9-10-18)29-21(16)23(27)25(15-19-8-5-13-28-19)12-11-17-6-3-2-4-7-17/h2-8,13-14,18H,9-12,15H2,1H3,(H,24,26). The van der Waals surface area contributed by atoms with E-state index in [1.165, 1.54) is 21.8 Å². The Morgan fingerprint density at radius 3 is 2.62 bits per heavy atom. The minimum Gasteiger partial charge on any atom is -0.332 e. The van der Waals surface area contributed by atoms with Crippen molar-refractivity contribution in [2.75, 3.05) is 11.9 Å². The van der Waals surface area contributed by atoms with E-state index in [1.807, 2.05) is 47.5 Å². The molecule has 2 aromatic heterocycles. The Hall–Kier alpha value is -2.44. The summed E-state index contributed by atoms with van der Waals surface area (Å²) in [4.78, 5) is 29.3. The van der Waals surface area contributed by atoms with Gasteiger partial charge in [0, 0.05) is 17.3 Å². The van der Waals surface area contributed by atoms with Gasteiger partial charge in [-0.15, -0.1) is 22.7 Å². The van der Waals surface area contributed by atoms with Crippen LogP contribution in [0, 0.1) is 12.8 Å². The van der Waals surface area contributed by atoms with Gasteiger partial charge >= 0.3 is 0 Å². The molecule has 0 saturated heterocycles. The van der Waals surface area contributed by atoms with Gasteiger partial charge in [-0.1, -0.05) is 36.4 Å². The summed E-state index contributed by atoms with van der Waals surface area (Å²) in [6, 6.07) is 16.2. The summed E-state index contributed by atoms with van der Waals surface area (Å²) >= 11 is 3.05. The van der Waals surface area contributed by atoms with E-state index in [4.69, 9.17) is 0 Å². The summed E-state index contributed by atoms with van der Waals surface area (Å²) in [5.74, 6) is 0.256. The van der Waals surface area contributed by atoms with E-state index in [2.05, 4.69) is 23.5 Å². The molecule has 6 heteroatoms. The molecular weight excluding hydrogens is 400 g/mol. The summed E-state index contributed by atoms with van der Waals surface area (Å²) in [6.45, 7) is 3.20. The lowest BCUT2D eigenvalue weighted by atomic mass is 10.1. The quantitative estimate of drug-likeness (QED) is 0.530. The van der Waals surface area contributed by atoms with Gasteiger partial charge in [0.1, 0.15) is 0 Å². The van der Waals surface area contributed by atoms with Gasteiger partial charge in [-0.05, 0) is 54.8 Å². The first-order valence-electron chi connectivity index (χ1n) is 9.87.